The van der Waals surface area contributed by atoms with Crippen LogP contribution in [0.3, 0.4) is 0 Å². The van der Waals surface area contributed by atoms with Crippen molar-refractivity contribution in [3.63, 3.8) is 0 Å². The van der Waals surface area contributed by atoms with E-state index in [4.69, 9.17) is 4.43 Å². The lowest BCUT2D eigenvalue weighted by Gasteiger charge is -2.43. The third kappa shape index (κ3) is 3.20. The molecule has 0 spiro atoms. The second-order valence-electron chi connectivity index (χ2n) is 8.47. The number of rotatable bonds is 7. The molecule has 0 aromatic heterocycles. The molecule has 2 nitrogen and oxygen atoms in total. The smallest absolute Gasteiger partial charge is 0.261 e. The van der Waals surface area contributed by atoms with E-state index in [1.807, 2.05) is 6.08 Å². The van der Waals surface area contributed by atoms with Gasteiger partial charge >= 0.3 is 0 Å². The summed E-state index contributed by atoms with van der Waals surface area (Å²) in [5.74, 6) is 0.276. The average molecular weight is 367 g/mol. The Morgan fingerprint density at radius 2 is 1.58 bits per heavy atom. The highest BCUT2D eigenvalue weighted by molar-refractivity contribution is 6.99. The van der Waals surface area contributed by atoms with Crippen LogP contribution in [0.5, 0.6) is 0 Å². The van der Waals surface area contributed by atoms with Crippen molar-refractivity contribution < 1.29 is 9.53 Å². The van der Waals surface area contributed by atoms with Crippen LogP contribution in [-0.2, 0) is 4.43 Å². The van der Waals surface area contributed by atoms with E-state index in [-0.39, 0.29) is 23.0 Å². The fourth-order valence-corrected chi connectivity index (χ4v) is 8.78. The summed E-state index contributed by atoms with van der Waals surface area (Å²) in [5, 5.41) is 12.2. The molecular formula is C23H30O2Si. The Kier molecular flexibility index (Phi) is 5.25. The number of benzene rings is 2. The van der Waals surface area contributed by atoms with Crippen LogP contribution in [-0.4, -0.2) is 26.6 Å². The lowest BCUT2D eigenvalue weighted by Crippen LogP contribution is -2.67. The van der Waals surface area contributed by atoms with E-state index >= 15 is 0 Å². The summed E-state index contributed by atoms with van der Waals surface area (Å²) in [5.41, 5.74) is -0.0815. The van der Waals surface area contributed by atoms with Gasteiger partial charge in [0.1, 0.15) is 0 Å². The molecule has 0 bridgehead atoms. The summed E-state index contributed by atoms with van der Waals surface area (Å²) >= 11 is 0. The molecule has 2 atom stereocenters. The highest BCUT2D eigenvalue weighted by Gasteiger charge is 2.56. The predicted molar refractivity (Wildman–Crippen MR) is 111 cm³/mol. The predicted octanol–water partition coefficient (Wildman–Crippen LogP) is 3.75. The van der Waals surface area contributed by atoms with Crippen LogP contribution in [0.25, 0.3) is 0 Å². The van der Waals surface area contributed by atoms with Crippen molar-refractivity contribution in [3.05, 3.63) is 73.3 Å². The Labute approximate surface area is 158 Å². The molecule has 0 heterocycles. The first-order valence-corrected chi connectivity index (χ1v) is 11.3. The molecule has 1 aliphatic carbocycles. The molecule has 1 fully saturated rings. The number of aliphatic hydroxyl groups excluding tert-OH is 1. The summed E-state index contributed by atoms with van der Waals surface area (Å²) in [6.07, 6.45) is 2.96. The molecule has 0 saturated heterocycles. The van der Waals surface area contributed by atoms with Crippen molar-refractivity contribution in [2.45, 2.75) is 32.2 Å². The molecule has 3 rings (SSSR count). The van der Waals surface area contributed by atoms with Gasteiger partial charge in [0, 0.05) is 18.6 Å². The fraction of sp³-hybridized carbons (Fsp3) is 0.391. The van der Waals surface area contributed by atoms with Gasteiger partial charge in [0.25, 0.3) is 8.32 Å². The van der Waals surface area contributed by atoms with Crippen LogP contribution in [0.1, 0.15) is 27.2 Å². The summed E-state index contributed by atoms with van der Waals surface area (Å²) in [6.45, 7) is 11.7. The zero-order valence-corrected chi connectivity index (χ0v) is 17.1. The van der Waals surface area contributed by atoms with Gasteiger partial charge in [0.15, 0.2) is 0 Å². The Morgan fingerprint density at radius 3 is 1.92 bits per heavy atom. The SMILES string of the molecule is C=C[C@@]1(CO[Si](c2ccccc2)(c2ccccc2)C(C)(C)C)C[C@H]1CO. The molecule has 2 aromatic carbocycles. The fourth-order valence-electron chi connectivity index (χ4n) is 4.14. The molecule has 138 valence electrons. The van der Waals surface area contributed by atoms with Crippen molar-refractivity contribution >= 4 is 18.7 Å². The molecule has 3 heteroatoms. The van der Waals surface area contributed by atoms with Crippen LogP contribution in [0, 0.1) is 11.3 Å². The number of aliphatic hydroxyl groups is 1. The van der Waals surface area contributed by atoms with E-state index in [2.05, 4.69) is 88.0 Å². The van der Waals surface area contributed by atoms with Crippen LogP contribution in [0.2, 0.25) is 5.04 Å². The molecule has 0 aliphatic heterocycles. The van der Waals surface area contributed by atoms with Gasteiger partial charge < -0.3 is 9.53 Å². The van der Waals surface area contributed by atoms with Crippen molar-refractivity contribution in [1.29, 1.82) is 0 Å². The first-order chi connectivity index (χ1) is 12.4. The van der Waals surface area contributed by atoms with Crippen molar-refractivity contribution in [3.8, 4) is 0 Å². The van der Waals surface area contributed by atoms with Gasteiger partial charge in [0.05, 0.1) is 0 Å². The van der Waals surface area contributed by atoms with Gasteiger partial charge in [-0.15, -0.1) is 6.58 Å². The minimum absolute atomic E-state index is 0.0261. The van der Waals surface area contributed by atoms with Crippen molar-refractivity contribution in [2.24, 2.45) is 11.3 Å². The van der Waals surface area contributed by atoms with Gasteiger partial charge in [-0.25, -0.2) is 0 Å². The largest absolute Gasteiger partial charge is 0.407 e. The van der Waals surface area contributed by atoms with Gasteiger partial charge in [-0.2, -0.15) is 0 Å². The van der Waals surface area contributed by atoms with E-state index in [9.17, 15) is 5.11 Å². The molecule has 1 aliphatic rings. The second kappa shape index (κ2) is 7.14. The van der Waals surface area contributed by atoms with E-state index < -0.39 is 8.32 Å². The van der Waals surface area contributed by atoms with Crippen LogP contribution >= 0.6 is 0 Å². The number of hydrogen-bond donors (Lipinski definition) is 1. The molecular weight excluding hydrogens is 336 g/mol. The Bertz CT molecular complexity index is 696. The van der Waals surface area contributed by atoms with Crippen molar-refractivity contribution in [2.75, 3.05) is 13.2 Å². The monoisotopic (exact) mass is 366 g/mol. The molecule has 0 radical (unpaired) electrons. The third-order valence-corrected chi connectivity index (χ3v) is 10.9. The molecule has 1 N–H and O–H groups in total. The highest BCUT2D eigenvalue weighted by Crippen LogP contribution is 2.54. The summed E-state index contributed by atoms with van der Waals surface area (Å²) < 4.78 is 6.97. The van der Waals surface area contributed by atoms with Crippen LogP contribution in [0.4, 0.5) is 0 Å². The number of hydrogen-bond acceptors (Lipinski definition) is 2. The average Bonchev–Trinajstić information content (AvgIpc) is 3.37. The molecule has 0 unspecified atom stereocenters. The lowest BCUT2D eigenvalue weighted by molar-refractivity contribution is 0.207. The topological polar surface area (TPSA) is 29.5 Å². The van der Waals surface area contributed by atoms with Gasteiger partial charge in [-0.05, 0) is 27.8 Å². The minimum Gasteiger partial charge on any atom is -0.407 e. The maximum Gasteiger partial charge on any atom is 0.261 e. The first kappa shape index (κ1) is 19.1. The maximum atomic E-state index is 9.60. The normalized spacial score (nSPS) is 22.8. The second-order valence-corrected chi connectivity index (χ2v) is 12.8. The summed E-state index contributed by atoms with van der Waals surface area (Å²) in [7, 11) is -2.51. The minimum atomic E-state index is -2.51. The van der Waals surface area contributed by atoms with E-state index in [1.54, 1.807) is 0 Å². The Balaban J connectivity index is 2.08. The van der Waals surface area contributed by atoms with Crippen LogP contribution in [0.15, 0.2) is 73.3 Å². The maximum absolute atomic E-state index is 9.60. The molecule has 0 amide bonds. The molecule has 2 aromatic rings. The third-order valence-electron chi connectivity index (χ3n) is 5.88. The Morgan fingerprint density at radius 1 is 1.08 bits per heavy atom. The van der Waals surface area contributed by atoms with Gasteiger partial charge in [0.2, 0.25) is 0 Å². The standard InChI is InChI=1S/C23H30O2Si/c1-5-23(16-19(23)17-24)18-25-26(22(2,3)4,20-12-8-6-9-13-20)21-14-10-7-11-15-21/h5-15,19,24H,1,16-18H2,2-4H3/t19-,23-/m0/s1. The quantitative estimate of drug-likeness (QED) is 0.597. The lowest BCUT2D eigenvalue weighted by atomic mass is 10.1. The molecule has 1 saturated carbocycles. The Hall–Kier alpha value is -1.68. The summed E-state index contributed by atoms with van der Waals surface area (Å²) in [6, 6.07) is 21.4. The van der Waals surface area contributed by atoms with Gasteiger partial charge in [-0.1, -0.05) is 87.5 Å². The summed E-state index contributed by atoms with van der Waals surface area (Å²) in [4.78, 5) is 0. The van der Waals surface area contributed by atoms with Gasteiger partial charge in [-0.3, -0.25) is 0 Å². The van der Waals surface area contributed by atoms with E-state index in [0.717, 1.165) is 6.42 Å². The molecule has 26 heavy (non-hydrogen) atoms. The van der Waals surface area contributed by atoms with Crippen molar-refractivity contribution in [1.82, 2.24) is 0 Å². The van der Waals surface area contributed by atoms with E-state index in [0.29, 0.717) is 6.61 Å². The van der Waals surface area contributed by atoms with Crippen LogP contribution < -0.4 is 10.4 Å². The first-order valence-electron chi connectivity index (χ1n) is 9.39. The zero-order chi connectivity index (χ0) is 18.8. The zero-order valence-electron chi connectivity index (χ0n) is 16.1. The van der Waals surface area contributed by atoms with E-state index in [1.165, 1.54) is 10.4 Å². The highest BCUT2D eigenvalue weighted by atomic mass is 28.4.